The molecule has 3 N–H and O–H groups in total. The van der Waals surface area contributed by atoms with Crippen molar-refractivity contribution in [2.45, 2.75) is 69.6 Å². The highest BCUT2D eigenvalue weighted by molar-refractivity contribution is 5.90. The number of halogens is 9. The van der Waals surface area contributed by atoms with Crippen molar-refractivity contribution >= 4 is 23.7 Å². The number of rotatable bonds is 12. The van der Waals surface area contributed by atoms with Crippen LogP contribution in [0.5, 0.6) is 5.75 Å². The summed E-state index contributed by atoms with van der Waals surface area (Å²) in [6, 6.07) is 0.759. The van der Waals surface area contributed by atoms with Crippen LogP contribution < -0.4 is 15.0 Å². The number of carbonyl (C=O) groups is 2. The van der Waals surface area contributed by atoms with E-state index in [0.717, 1.165) is 17.2 Å². The zero-order valence-electron chi connectivity index (χ0n) is 26.5. The van der Waals surface area contributed by atoms with Gasteiger partial charge in [-0.15, -0.1) is 0 Å². The van der Waals surface area contributed by atoms with E-state index < -0.39 is 84.5 Å². The van der Waals surface area contributed by atoms with Gasteiger partial charge in [0.05, 0.1) is 53.5 Å². The molecule has 51 heavy (non-hydrogen) atoms. The van der Waals surface area contributed by atoms with Crippen molar-refractivity contribution in [1.82, 2.24) is 15.0 Å². The first kappa shape index (κ1) is 38.9. The summed E-state index contributed by atoms with van der Waals surface area (Å²) in [5, 5.41) is 20.8. The van der Waals surface area contributed by atoms with Crippen LogP contribution in [0, 0.1) is 0 Å². The molecule has 0 saturated heterocycles. The van der Waals surface area contributed by atoms with Gasteiger partial charge in [0, 0.05) is 25.5 Å². The van der Waals surface area contributed by atoms with Crippen LogP contribution >= 0.6 is 0 Å². The summed E-state index contributed by atoms with van der Waals surface area (Å²) in [5.41, 5.74) is -5.49. The highest BCUT2D eigenvalue weighted by atomic mass is 19.4. The van der Waals surface area contributed by atoms with Crippen molar-refractivity contribution in [3.05, 3.63) is 70.3 Å². The Labute approximate surface area is 283 Å². The molecule has 0 spiro atoms. The average Bonchev–Trinajstić information content (AvgIpc) is 3.03. The molecule has 0 saturated carbocycles. The van der Waals surface area contributed by atoms with Crippen molar-refractivity contribution in [1.29, 1.82) is 0 Å². The molecule has 4 rings (SSSR count). The van der Waals surface area contributed by atoms with E-state index in [1.165, 1.54) is 0 Å². The fourth-order valence-corrected chi connectivity index (χ4v) is 5.23. The van der Waals surface area contributed by atoms with Crippen LogP contribution in [0.3, 0.4) is 0 Å². The third-order valence-electron chi connectivity index (χ3n) is 7.58. The van der Waals surface area contributed by atoms with Crippen molar-refractivity contribution in [3.8, 4) is 5.75 Å². The summed E-state index contributed by atoms with van der Waals surface area (Å²) in [7, 11) is 0. The van der Waals surface area contributed by atoms with Crippen molar-refractivity contribution in [2.24, 2.45) is 0 Å². The van der Waals surface area contributed by atoms with Gasteiger partial charge in [-0.05, 0) is 48.7 Å². The Bertz CT molecular complexity index is 1690. The molecule has 2 atom stereocenters. The predicted octanol–water partition coefficient (Wildman–Crippen LogP) is 7.03. The van der Waals surface area contributed by atoms with Crippen LogP contribution in [-0.2, 0) is 34.5 Å². The Morgan fingerprint density at radius 3 is 2.20 bits per heavy atom. The van der Waals surface area contributed by atoms with Gasteiger partial charge < -0.3 is 25.0 Å². The number of fused-ring (bicyclic) bond motifs is 1. The molecule has 0 bridgehead atoms. The standard InChI is InChI=1S/C31H30F9N5O6/c1-2-19-14-21(26-22(4-5-24(44-26)31(38,39)40)45(19)28(49)51-9-6-25(47)48)43-27-41-15-23(50-8-3-7-46)20(42-27)12-16-10-17(29(32,33)34)13-18(11-16)30(35,36)37/h4-5,10-11,13,15,19,21,46H,2-3,6-9,12,14H2,1H3,(H,47,48)(H,41,42,43)/t19-,21+/m1/s1. The van der Waals surface area contributed by atoms with E-state index in [1.54, 1.807) is 6.92 Å². The minimum absolute atomic E-state index is 0.0345. The fraction of sp³-hybridized carbons (Fsp3) is 0.452. The predicted molar refractivity (Wildman–Crippen MR) is 159 cm³/mol. The van der Waals surface area contributed by atoms with Gasteiger partial charge in [0.1, 0.15) is 12.3 Å². The number of hydrogen-bond acceptors (Lipinski definition) is 9. The monoisotopic (exact) mass is 739 g/mol. The number of nitrogens with zero attached hydrogens (tertiary/aromatic N) is 4. The molecule has 0 fully saturated rings. The molecule has 1 aliphatic heterocycles. The summed E-state index contributed by atoms with van der Waals surface area (Å²) in [5.74, 6) is -1.72. The fourth-order valence-electron chi connectivity index (χ4n) is 5.23. The lowest BCUT2D eigenvalue weighted by Gasteiger charge is -2.39. The molecule has 2 aromatic heterocycles. The third-order valence-corrected chi connectivity index (χ3v) is 7.58. The minimum atomic E-state index is -5.13. The molecule has 3 aromatic rings. The Kier molecular flexibility index (Phi) is 11.9. The Balaban J connectivity index is 1.76. The normalized spacial score (nSPS) is 16.4. The first-order valence-corrected chi connectivity index (χ1v) is 15.2. The molecule has 0 aliphatic carbocycles. The Morgan fingerprint density at radius 1 is 0.961 bits per heavy atom. The summed E-state index contributed by atoms with van der Waals surface area (Å²) >= 11 is 0. The Morgan fingerprint density at radius 2 is 1.63 bits per heavy atom. The van der Waals surface area contributed by atoms with Crippen LogP contribution in [0.15, 0.2) is 36.5 Å². The van der Waals surface area contributed by atoms with Gasteiger partial charge in [-0.2, -0.15) is 39.5 Å². The van der Waals surface area contributed by atoms with E-state index in [9.17, 15) is 49.1 Å². The maximum absolute atomic E-state index is 13.7. The number of aliphatic hydroxyl groups excluding tert-OH is 1. The molecule has 1 aromatic carbocycles. The van der Waals surface area contributed by atoms with Gasteiger partial charge in [-0.1, -0.05) is 6.92 Å². The zero-order chi connectivity index (χ0) is 37.7. The SMILES string of the molecule is CC[C@@H]1C[C@H](Nc2ncc(OCCCO)c(Cc3cc(C(F)(F)F)cc(C(F)(F)F)c3)n2)c2nc(C(F)(F)F)ccc2N1C(=O)OCCC(=O)O. The second kappa shape index (κ2) is 15.6. The molecule has 11 nitrogen and oxygen atoms in total. The van der Waals surface area contributed by atoms with Crippen LogP contribution in [-0.4, -0.2) is 63.1 Å². The van der Waals surface area contributed by atoms with Crippen molar-refractivity contribution in [2.75, 3.05) is 30.0 Å². The molecule has 278 valence electrons. The second-order valence-corrected chi connectivity index (χ2v) is 11.2. The molecular weight excluding hydrogens is 709 g/mol. The van der Waals surface area contributed by atoms with E-state index in [0.29, 0.717) is 18.2 Å². The Hall–Kier alpha value is -4.88. The van der Waals surface area contributed by atoms with Gasteiger partial charge in [-0.25, -0.2) is 19.7 Å². The number of amides is 1. The molecular formula is C31H30F9N5O6. The van der Waals surface area contributed by atoms with Gasteiger partial charge in [0.15, 0.2) is 5.75 Å². The molecule has 1 amide bonds. The van der Waals surface area contributed by atoms with E-state index in [1.807, 2.05) is 0 Å². The smallest absolute Gasteiger partial charge is 0.433 e. The third kappa shape index (κ3) is 9.89. The number of pyridine rings is 1. The number of ether oxygens (including phenoxy) is 2. The summed E-state index contributed by atoms with van der Waals surface area (Å²) in [6.45, 7) is 0.701. The number of carboxylic acids is 1. The molecule has 0 radical (unpaired) electrons. The van der Waals surface area contributed by atoms with Gasteiger partial charge in [0.25, 0.3) is 0 Å². The first-order valence-electron chi connectivity index (χ1n) is 15.2. The first-order chi connectivity index (χ1) is 23.8. The maximum atomic E-state index is 13.7. The topological polar surface area (TPSA) is 147 Å². The lowest BCUT2D eigenvalue weighted by atomic mass is 9.93. The quantitative estimate of drug-likeness (QED) is 0.131. The van der Waals surface area contributed by atoms with E-state index >= 15 is 0 Å². The van der Waals surface area contributed by atoms with E-state index in [2.05, 4.69) is 20.3 Å². The maximum Gasteiger partial charge on any atom is 0.433 e. The molecule has 3 heterocycles. The van der Waals surface area contributed by atoms with E-state index in [-0.39, 0.29) is 67.3 Å². The summed E-state index contributed by atoms with van der Waals surface area (Å²) in [4.78, 5) is 37.1. The number of carboxylic acid groups (broad SMARTS) is 1. The highest BCUT2D eigenvalue weighted by Gasteiger charge is 2.41. The second-order valence-electron chi connectivity index (χ2n) is 11.2. The number of nitrogens with one attached hydrogen (secondary N) is 1. The van der Waals surface area contributed by atoms with Crippen molar-refractivity contribution in [3.63, 3.8) is 0 Å². The number of aliphatic carboxylic acids is 1. The molecule has 20 heteroatoms. The molecule has 0 unspecified atom stereocenters. The number of anilines is 2. The number of alkyl halides is 9. The summed E-state index contributed by atoms with van der Waals surface area (Å²) < 4.78 is 133. The number of hydrogen-bond donors (Lipinski definition) is 3. The van der Waals surface area contributed by atoms with Crippen molar-refractivity contribution < 1.29 is 68.8 Å². The summed E-state index contributed by atoms with van der Waals surface area (Å²) in [6.07, 6.45) is -16.1. The number of benzene rings is 1. The van der Waals surface area contributed by atoms with Crippen LogP contribution in [0.1, 0.15) is 72.4 Å². The minimum Gasteiger partial charge on any atom is -0.490 e. The lowest BCUT2D eigenvalue weighted by molar-refractivity contribution is -0.143. The average molecular weight is 740 g/mol. The lowest BCUT2D eigenvalue weighted by Crippen LogP contribution is -2.46. The van der Waals surface area contributed by atoms with E-state index in [4.69, 9.17) is 19.7 Å². The highest BCUT2D eigenvalue weighted by Crippen LogP contribution is 2.42. The van der Waals surface area contributed by atoms with Gasteiger partial charge in [0.2, 0.25) is 5.95 Å². The number of aliphatic hydroxyl groups is 1. The molecule has 1 aliphatic rings. The number of carbonyl (C=O) groups excluding carboxylic acids is 1. The van der Waals surface area contributed by atoms with Crippen LogP contribution in [0.25, 0.3) is 0 Å². The van der Waals surface area contributed by atoms with Crippen LogP contribution in [0.4, 0.5) is 55.9 Å². The van der Waals surface area contributed by atoms with Crippen LogP contribution in [0.2, 0.25) is 0 Å². The zero-order valence-corrected chi connectivity index (χ0v) is 26.5. The van der Waals surface area contributed by atoms with Gasteiger partial charge in [-0.3, -0.25) is 9.69 Å². The van der Waals surface area contributed by atoms with Gasteiger partial charge >= 0.3 is 30.6 Å². The largest absolute Gasteiger partial charge is 0.490 e. The number of aromatic nitrogens is 3.